The Morgan fingerprint density at radius 1 is 1.25 bits per heavy atom. The molecule has 0 aromatic heterocycles. The van der Waals surface area contributed by atoms with Crippen LogP contribution in [0.2, 0.25) is 0 Å². The molecule has 1 aromatic carbocycles. The van der Waals surface area contributed by atoms with Gasteiger partial charge in [-0.15, -0.1) is 0 Å². The number of halogens is 1. The van der Waals surface area contributed by atoms with Gasteiger partial charge in [0.25, 0.3) is 0 Å². The van der Waals surface area contributed by atoms with Crippen molar-refractivity contribution in [3.05, 3.63) is 59.0 Å². The first-order valence-electron chi connectivity index (χ1n) is 5.10. The Hall–Kier alpha value is -1.67. The SMILES string of the molecule is OC1=Cc2ccccc2N2C(Cl)=CC=CC12. The van der Waals surface area contributed by atoms with Gasteiger partial charge in [0.2, 0.25) is 0 Å². The van der Waals surface area contributed by atoms with Gasteiger partial charge in [0.1, 0.15) is 17.0 Å². The molecular formula is C13H10ClNO. The van der Waals surface area contributed by atoms with Gasteiger partial charge in [-0.3, -0.25) is 0 Å². The molecule has 1 aromatic rings. The summed E-state index contributed by atoms with van der Waals surface area (Å²) in [6.07, 6.45) is 7.40. The second-order valence-electron chi connectivity index (χ2n) is 3.82. The van der Waals surface area contributed by atoms with Crippen molar-refractivity contribution in [1.82, 2.24) is 0 Å². The Labute approximate surface area is 98.8 Å². The van der Waals surface area contributed by atoms with E-state index < -0.39 is 0 Å². The minimum atomic E-state index is -0.174. The van der Waals surface area contributed by atoms with Gasteiger partial charge in [-0.1, -0.05) is 42.0 Å². The third-order valence-corrected chi connectivity index (χ3v) is 3.15. The molecule has 2 heterocycles. The second-order valence-corrected chi connectivity index (χ2v) is 4.20. The third-order valence-electron chi connectivity index (χ3n) is 2.84. The largest absolute Gasteiger partial charge is 0.510 e. The number of allylic oxidation sites excluding steroid dienone is 2. The van der Waals surface area contributed by atoms with Crippen molar-refractivity contribution in [2.45, 2.75) is 6.04 Å². The number of anilines is 1. The first-order chi connectivity index (χ1) is 7.77. The molecule has 2 nitrogen and oxygen atoms in total. The average molecular weight is 232 g/mol. The summed E-state index contributed by atoms with van der Waals surface area (Å²) >= 11 is 6.18. The molecule has 1 unspecified atom stereocenters. The summed E-state index contributed by atoms with van der Waals surface area (Å²) in [4.78, 5) is 1.92. The summed E-state index contributed by atoms with van der Waals surface area (Å²) in [5.41, 5.74) is 2.01. The molecule has 0 bridgehead atoms. The Balaban J connectivity index is 2.22. The lowest BCUT2D eigenvalue weighted by atomic mass is 10.00. The maximum atomic E-state index is 9.95. The van der Waals surface area contributed by atoms with Gasteiger partial charge >= 0.3 is 0 Å². The van der Waals surface area contributed by atoms with Crippen LogP contribution in [-0.2, 0) is 0 Å². The molecule has 80 valence electrons. The zero-order valence-corrected chi connectivity index (χ0v) is 9.22. The molecule has 0 amide bonds. The lowest BCUT2D eigenvalue weighted by molar-refractivity contribution is 0.385. The monoisotopic (exact) mass is 231 g/mol. The van der Waals surface area contributed by atoms with Gasteiger partial charge in [0.15, 0.2) is 0 Å². The van der Waals surface area contributed by atoms with Crippen molar-refractivity contribution in [3.63, 3.8) is 0 Å². The number of nitrogens with zero attached hydrogens (tertiary/aromatic N) is 1. The molecule has 0 radical (unpaired) electrons. The van der Waals surface area contributed by atoms with E-state index in [1.807, 2.05) is 47.4 Å². The molecule has 0 saturated carbocycles. The van der Waals surface area contributed by atoms with Gasteiger partial charge in [-0.2, -0.15) is 0 Å². The average Bonchev–Trinajstić information content (AvgIpc) is 2.30. The van der Waals surface area contributed by atoms with E-state index in [1.165, 1.54) is 0 Å². The standard InChI is InChI=1S/C13H10ClNO/c14-13-7-3-6-11-12(16)8-9-4-1-2-5-10(9)15(11)13/h1-8,11,16H. The second kappa shape index (κ2) is 3.42. The number of hydrogen-bond acceptors (Lipinski definition) is 2. The lowest BCUT2D eigenvalue weighted by Gasteiger charge is -2.36. The predicted molar refractivity (Wildman–Crippen MR) is 66.4 cm³/mol. The fourth-order valence-electron chi connectivity index (χ4n) is 2.11. The Morgan fingerprint density at radius 2 is 2.06 bits per heavy atom. The van der Waals surface area contributed by atoms with E-state index in [-0.39, 0.29) is 6.04 Å². The van der Waals surface area contributed by atoms with Gasteiger partial charge < -0.3 is 10.0 Å². The van der Waals surface area contributed by atoms with Crippen LogP contribution >= 0.6 is 11.6 Å². The van der Waals surface area contributed by atoms with Crippen LogP contribution in [0.25, 0.3) is 6.08 Å². The summed E-state index contributed by atoms with van der Waals surface area (Å²) in [6.45, 7) is 0. The van der Waals surface area contributed by atoms with Gasteiger partial charge in [-0.25, -0.2) is 0 Å². The maximum Gasteiger partial charge on any atom is 0.120 e. The number of aliphatic hydroxyl groups is 1. The quantitative estimate of drug-likeness (QED) is 0.692. The van der Waals surface area contributed by atoms with E-state index >= 15 is 0 Å². The van der Waals surface area contributed by atoms with Crippen molar-refractivity contribution < 1.29 is 5.11 Å². The van der Waals surface area contributed by atoms with Crippen LogP contribution in [0, 0.1) is 0 Å². The first kappa shape index (κ1) is 9.55. The molecule has 0 spiro atoms. The van der Waals surface area contributed by atoms with Crippen LogP contribution in [0.3, 0.4) is 0 Å². The molecule has 3 rings (SSSR count). The number of fused-ring (bicyclic) bond motifs is 3. The first-order valence-corrected chi connectivity index (χ1v) is 5.48. The minimum Gasteiger partial charge on any atom is -0.510 e. The summed E-state index contributed by atoms with van der Waals surface area (Å²) in [6, 6.07) is 7.70. The molecule has 2 aliphatic rings. The highest BCUT2D eigenvalue weighted by Crippen LogP contribution is 2.37. The molecule has 1 N–H and O–H groups in total. The minimum absolute atomic E-state index is 0.174. The number of para-hydroxylation sites is 1. The smallest absolute Gasteiger partial charge is 0.120 e. The number of aliphatic hydroxyl groups excluding tert-OH is 1. The molecular weight excluding hydrogens is 222 g/mol. The number of benzene rings is 1. The van der Waals surface area contributed by atoms with E-state index in [4.69, 9.17) is 11.6 Å². The summed E-state index contributed by atoms with van der Waals surface area (Å²) in [5.74, 6) is 0.321. The fraction of sp³-hybridized carbons (Fsp3) is 0.0769. The molecule has 0 saturated heterocycles. The van der Waals surface area contributed by atoms with Crippen LogP contribution in [0.4, 0.5) is 5.69 Å². The molecule has 0 fully saturated rings. The predicted octanol–water partition coefficient (Wildman–Crippen LogP) is 3.42. The Bertz CT molecular complexity index is 530. The summed E-state index contributed by atoms with van der Waals surface area (Å²) in [7, 11) is 0. The highest BCUT2D eigenvalue weighted by atomic mass is 35.5. The van der Waals surface area contributed by atoms with E-state index in [2.05, 4.69) is 0 Å². The summed E-state index contributed by atoms with van der Waals surface area (Å²) in [5, 5.41) is 10.6. The van der Waals surface area contributed by atoms with Crippen molar-refractivity contribution in [2.24, 2.45) is 0 Å². The van der Waals surface area contributed by atoms with Gasteiger partial charge in [0, 0.05) is 5.56 Å². The van der Waals surface area contributed by atoms with E-state index in [1.54, 1.807) is 6.08 Å². The Kier molecular flexibility index (Phi) is 2.04. The van der Waals surface area contributed by atoms with Crippen molar-refractivity contribution in [1.29, 1.82) is 0 Å². The van der Waals surface area contributed by atoms with Gasteiger partial charge in [0.05, 0.1) is 5.69 Å². The maximum absolute atomic E-state index is 9.95. The molecule has 2 aliphatic heterocycles. The highest BCUT2D eigenvalue weighted by Gasteiger charge is 2.29. The van der Waals surface area contributed by atoms with Crippen LogP contribution in [0.5, 0.6) is 0 Å². The van der Waals surface area contributed by atoms with Crippen LogP contribution in [-0.4, -0.2) is 11.1 Å². The molecule has 16 heavy (non-hydrogen) atoms. The topological polar surface area (TPSA) is 23.5 Å². The Morgan fingerprint density at radius 3 is 2.94 bits per heavy atom. The number of rotatable bonds is 0. The normalized spacial score (nSPS) is 22.1. The lowest BCUT2D eigenvalue weighted by Crippen LogP contribution is -2.37. The fourth-order valence-corrected chi connectivity index (χ4v) is 2.38. The molecule has 1 atom stereocenters. The zero-order chi connectivity index (χ0) is 11.1. The number of hydrogen-bond donors (Lipinski definition) is 1. The summed E-state index contributed by atoms with van der Waals surface area (Å²) < 4.78 is 0. The highest BCUT2D eigenvalue weighted by molar-refractivity contribution is 6.31. The van der Waals surface area contributed by atoms with E-state index in [0.29, 0.717) is 10.9 Å². The van der Waals surface area contributed by atoms with E-state index in [0.717, 1.165) is 11.3 Å². The van der Waals surface area contributed by atoms with Crippen molar-refractivity contribution in [3.8, 4) is 0 Å². The van der Waals surface area contributed by atoms with Crippen molar-refractivity contribution >= 4 is 23.4 Å². The van der Waals surface area contributed by atoms with Crippen LogP contribution < -0.4 is 4.90 Å². The van der Waals surface area contributed by atoms with Crippen LogP contribution in [0.15, 0.2) is 53.4 Å². The van der Waals surface area contributed by atoms with E-state index in [9.17, 15) is 5.11 Å². The molecule has 0 aliphatic carbocycles. The zero-order valence-electron chi connectivity index (χ0n) is 8.47. The van der Waals surface area contributed by atoms with Gasteiger partial charge in [-0.05, 0) is 18.2 Å². The molecule has 3 heteroatoms. The van der Waals surface area contributed by atoms with Crippen LogP contribution in [0.1, 0.15) is 5.56 Å². The third kappa shape index (κ3) is 1.27. The van der Waals surface area contributed by atoms with Crippen molar-refractivity contribution in [2.75, 3.05) is 4.90 Å².